The summed E-state index contributed by atoms with van der Waals surface area (Å²) in [5.41, 5.74) is 4.67. The van der Waals surface area contributed by atoms with Gasteiger partial charge in [-0.1, -0.05) is 11.6 Å². The van der Waals surface area contributed by atoms with Crippen LogP contribution in [0.2, 0.25) is 5.02 Å². The maximum Gasteiger partial charge on any atom is 0.410 e. The Morgan fingerprint density at radius 2 is 1.94 bits per heavy atom. The molecule has 3 rings (SSSR count). The first-order valence-corrected chi connectivity index (χ1v) is 10.1. The van der Waals surface area contributed by atoms with E-state index in [0.717, 1.165) is 0 Å². The van der Waals surface area contributed by atoms with Crippen LogP contribution in [0, 0.1) is 5.82 Å². The first-order valence-electron chi connectivity index (χ1n) is 9.76. The van der Waals surface area contributed by atoms with Crippen molar-refractivity contribution < 1.29 is 23.8 Å². The largest absolute Gasteiger partial charge is 0.444 e. The van der Waals surface area contributed by atoms with Gasteiger partial charge in [-0.05, 0) is 52.8 Å². The maximum atomic E-state index is 13.7. The molecule has 3 N–H and O–H groups in total. The number of ether oxygens (including phenoxy) is 1. The molecule has 0 bridgehead atoms. The fourth-order valence-corrected chi connectivity index (χ4v) is 3.68. The van der Waals surface area contributed by atoms with Crippen LogP contribution in [0.15, 0.2) is 18.2 Å². The summed E-state index contributed by atoms with van der Waals surface area (Å²) in [4.78, 5) is 26.6. The van der Waals surface area contributed by atoms with Gasteiger partial charge in [0.25, 0.3) is 5.91 Å². The highest BCUT2D eigenvalue weighted by Gasteiger charge is 2.41. The van der Waals surface area contributed by atoms with Gasteiger partial charge in [-0.2, -0.15) is 5.10 Å². The number of nitrogens with two attached hydrogens (primary N) is 1. The summed E-state index contributed by atoms with van der Waals surface area (Å²) in [6.45, 7) is 8.52. The Kier molecular flexibility index (Phi) is 5.79. The zero-order chi connectivity index (χ0) is 23.3. The number of aromatic nitrogens is 2. The smallest absolute Gasteiger partial charge is 0.410 e. The Morgan fingerprint density at radius 3 is 2.45 bits per heavy atom. The number of halogens is 2. The molecule has 2 aromatic rings. The number of primary amides is 1. The van der Waals surface area contributed by atoms with E-state index in [1.807, 2.05) is 0 Å². The number of amides is 2. The average Bonchev–Trinajstić information content (AvgIpc) is 3.00. The SMILES string of the molecule is CC(C)(C)OC(=O)N1Cc2c(C(N)=O)c(-c3ccc(F)c(Cl)c3)nn2C(C(C)(C)O)C1. The molecule has 0 spiro atoms. The van der Waals surface area contributed by atoms with Gasteiger partial charge in [0, 0.05) is 12.1 Å². The lowest BCUT2D eigenvalue weighted by Gasteiger charge is -2.39. The van der Waals surface area contributed by atoms with Gasteiger partial charge in [0.2, 0.25) is 0 Å². The first-order chi connectivity index (χ1) is 14.2. The highest BCUT2D eigenvalue weighted by Crippen LogP contribution is 2.36. The zero-order valence-electron chi connectivity index (χ0n) is 18.1. The van der Waals surface area contributed by atoms with Crippen LogP contribution in [0.25, 0.3) is 11.3 Å². The van der Waals surface area contributed by atoms with Crippen molar-refractivity contribution >= 4 is 23.6 Å². The van der Waals surface area contributed by atoms with Crippen molar-refractivity contribution in [3.05, 3.63) is 40.3 Å². The number of carbonyl (C=O) groups excluding carboxylic acids is 2. The summed E-state index contributed by atoms with van der Waals surface area (Å²) in [6.07, 6.45) is -0.587. The predicted molar refractivity (Wildman–Crippen MR) is 113 cm³/mol. The summed E-state index contributed by atoms with van der Waals surface area (Å²) in [5.74, 6) is -1.38. The fourth-order valence-electron chi connectivity index (χ4n) is 3.50. The average molecular weight is 453 g/mol. The molecule has 31 heavy (non-hydrogen) atoms. The summed E-state index contributed by atoms with van der Waals surface area (Å²) in [7, 11) is 0. The molecule has 2 heterocycles. The third-order valence-corrected chi connectivity index (χ3v) is 5.24. The number of carbonyl (C=O) groups is 2. The summed E-state index contributed by atoms with van der Waals surface area (Å²) in [5, 5.41) is 15.2. The van der Waals surface area contributed by atoms with Gasteiger partial charge in [-0.3, -0.25) is 9.48 Å². The van der Waals surface area contributed by atoms with E-state index in [-0.39, 0.29) is 29.4 Å². The molecule has 168 valence electrons. The van der Waals surface area contributed by atoms with Crippen LogP contribution in [0.5, 0.6) is 0 Å². The molecule has 1 aliphatic rings. The van der Waals surface area contributed by atoms with Gasteiger partial charge in [0.1, 0.15) is 17.1 Å². The van der Waals surface area contributed by atoms with Gasteiger partial charge in [-0.15, -0.1) is 0 Å². The predicted octanol–water partition coefficient (Wildman–Crippen LogP) is 3.50. The molecule has 1 aromatic carbocycles. The number of nitrogens with zero attached hydrogens (tertiary/aromatic N) is 3. The molecule has 0 saturated carbocycles. The van der Waals surface area contributed by atoms with E-state index in [2.05, 4.69) is 5.10 Å². The second-order valence-corrected chi connectivity index (χ2v) is 9.55. The summed E-state index contributed by atoms with van der Waals surface area (Å²) in [6, 6.07) is 3.27. The molecule has 1 unspecified atom stereocenters. The van der Waals surface area contributed by atoms with Crippen molar-refractivity contribution in [1.29, 1.82) is 0 Å². The van der Waals surface area contributed by atoms with E-state index in [1.165, 1.54) is 27.8 Å². The van der Waals surface area contributed by atoms with E-state index in [9.17, 15) is 19.1 Å². The topological polar surface area (TPSA) is 111 Å². The van der Waals surface area contributed by atoms with Crippen LogP contribution < -0.4 is 5.73 Å². The van der Waals surface area contributed by atoms with E-state index in [4.69, 9.17) is 22.1 Å². The molecule has 0 fully saturated rings. The lowest BCUT2D eigenvalue weighted by molar-refractivity contribution is -0.0241. The summed E-state index contributed by atoms with van der Waals surface area (Å²) >= 11 is 5.91. The second kappa shape index (κ2) is 7.80. The van der Waals surface area contributed by atoms with Crippen LogP contribution in [0.1, 0.15) is 56.7 Å². The van der Waals surface area contributed by atoms with Gasteiger partial charge < -0.3 is 20.5 Å². The molecule has 10 heteroatoms. The van der Waals surface area contributed by atoms with E-state index in [1.54, 1.807) is 34.6 Å². The molecule has 0 saturated heterocycles. The highest BCUT2D eigenvalue weighted by atomic mass is 35.5. The van der Waals surface area contributed by atoms with Crippen molar-refractivity contribution in [2.75, 3.05) is 6.54 Å². The molecule has 1 atom stereocenters. The van der Waals surface area contributed by atoms with Crippen molar-refractivity contribution in [2.24, 2.45) is 5.73 Å². The fraction of sp³-hybridized carbons (Fsp3) is 0.476. The Morgan fingerprint density at radius 1 is 1.29 bits per heavy atom. The Balaban J connectivity index is 2.17. The minimum atomic E-state index is -1.30. The number of aliphatic hydroxyl groups is 1. The standard InChI is InChI=1S/C21H26ClFN4O4/c1-20(2,3)31-19(29)26-9-14-16(18(24)28)17(11-6-7-13(23)12(22)8-11)25-27(14)15(10-26)21(4,5)30/h6-8,15,30H,9-10H2,1-5H3,(H2,24,28). The molecular weight excluding hydrogens is 427 g/mol. The monoisotopic (exact) mass is 452 g/mol. The molecule has 1 aromatic heterocycles. The molecule has 8 nitrogen and oxygen atoms in total. The minimum Gasteiger partial charge on any atom is -0.444 e. The normalized spacial score (nSPS) is 16.8. The number of rotatable bonds is 3. The van der Waals surface area contributed by atoms with Gasteiger partial charge in [-0.25, -0.2) is 9.18 Å². The second-order valence-electron chi connectivity index (χ2n) is 9.14. The molecule has 0 radical (unpaired) electrons. The van der Waals surface area contributed by atoms with E-state index < -0.39 is 35.1 Å². The minimum absolute atomic E-state index is 0.00168. The van der Waals surface area contributed by atoms with Crippen LogP contribution in [-0.2, 0) is 11.3 Å². The van der Waals surface area contributed by atoms with Crippen LogP contribution in [0.3, 0.4) is 0 Å². The third-order valence-electron chi connectivity index (χ3n) is 4.95. The van der Waals surface area contributed by atoms with Crippen molar-refractivity contribution in [1.82, 2.24) is 14.7 Å². The Hall–Kier alpha value is -2.65. The molecule has 1 aliphatic heterocycles. The Bertz CT molecular complexity index is 1040. The van der Waals surface area contributed by atoms with Crippen LogP contribution in [0.4, 0.5) is 9.18 Å². The molecule has 0 aliphatic carbocycles. The lowest BCUT2D eigenvalue weighted by Crippen LogP contribution is -2.50. The lowest BCUT2D eigenvalue weighted by atomic mass is 9.95. The van der Waals surface area contributed by atoms with Crippen LogP contribution >= 0.6 is 11.6 Å². The highest BCUT2D eigenvalue weighted by molar-refractivity contribution is 6.31. The number of hydrogen-bond acceptors (Lipinski definition) is 5. The Labute approximate surface area is 184 Å². The molecular formula is C21H26ClFN4O4. The first kappa shape index (κ1) is 23.0. The molecule has 2 amide bonds. The van der Waals surface area contributed by atoms with E-state index >= 15 is 0 Å². The number of benzene rings is 1. The zero-order valence-corrected chi connectivity index (χ0v) is 18.8. The van der Waals surface area contributed by atoms with Crippen LogP contribution in [-0.4, -0.2) is 49.5 Å². The van der Waals surface area contributed by atoms with Gasteiger partial charge in [0.05, 0.1) is 34.5 Å². The summed E-state index contributed by atoms with van der Waals surface area (Å²) < 4.78 is 20.6. The van der Waals surface area contributed by atoms with E-state index in [0.29, 0.717) is 11.3 Å². The van der Waals surface area contributed by atoms with Gasteiger partial charge in [0.15, 0.2) is 0 Å². The maximum absolute atomic E-state index is 13.7. The van der Waals surface area contributed by atoms with Crippen molar-refractivity contribution in [3.8, 4) is 11.3 Å². The number of hydrogen-bond donors (Lipinski definition) is 2. The quantitative estimate of drug-likeness (QED) is 0.740. The number of fused-ring (bicyclic) bond motifs is 1. The van der Waals surface area contributed by atoms with Crippen molar-refractivity contribution in [2.45, 2.75) is 58.4 Å². The third kappa shape index (κ3) is 4.67. The van der Waals surface area contributed by atoms with Gasteiger partial charge >= 0.3 is 6.09 Å². The van der Waals surface area contributed by atoms with Crippen molar-refractivity contribution in [3.63, 3.8) is 0 Å².